The smallest absolute Gasteiger partial charge is 0.0271 e. The Morgan fingerprint density at radius 1 is 0.955 bits per heavy atom. The lowest BCUT2D eigenvalue weighted by molar-refractivity contribution is 0.252. The third kappa shape index (κ3) is 6.37. The molecule has 3 aromatic rings. The van der Waals surface area contributed by atoms with Gasteiger partial charge in [-0.3, -0.25) is 0 Å². The summed E-state index contributed by atoms with van der Waals surface area (Å²) >= 11 is 1.84. The maximum atomic E-state index is 6.64. The SMILES string of the molecule is C=C/C1=C(\C=C/c2cccc(C)c2)C/C=C\C(N)=C/CC12c1ccccc1C(C)/C=C(/c1ccccc1SC)CC(C)C2C. The molecule has 2 aliphatic carbocycles. The Balaban J connectivity index is 1.77. The van der Waals surface area contributed by atoms with Gasteiger partial charge < -0.3 is 5.73 Å². The Morgan fingerprint density at radius 2 is 1.73 bits per heavy atom. The Hall–Kier alpha value is -3.75. The normalized spacial score (nSPS) is 29.1. The van der Waals surface area contributed by atoms with E-state index >= 15 is 0 Å². The topological polar surface area (TPSA) is 26.0 Å². The first-order chi connectivity index (χ1) is 21.3. The molecule has 4 unspecified atom stereocenters. The maximum Gasteiger partial charge on any atom is 0.0271 e. The Bertz CT molecular complexity index is 1660. The standard InChI is InChI=1S/C42H47NS/c1-7-39-34(23-22-33-15-12-14-29(2)26-33)16-13-17-36(43)24-25-42(39)32(5)30(3)27-35(38-19-9-11-21-41(38)44-6)28-31(4)37-18-8-10-20-40(37)42/h7-15,17-24,26,28,30-32H,1,16,25,27,43H2,2-6H3/b17-13-,23-22-,35-28+,36-24+,39-34+. The van der Waals surface area contributed by atoms with Crippen molar-refractivity contribution in [2.75, 3.05) is 6.26 Å². The average Bonchev–Trinajstić information content (AvgIpc) is 3.12. The highest BCUT2D eigenvalue weighted by Crippen LogP contribution is 2.53. The first kappa shape index (κ1) is 31.7. The van der Waals surface area contributed by atoms with Crippen LogP contribution in [-0.4, -0.2) is 6.26 Å². The lowest BCUT2D eigenvalue weighted by atomic mass is 9.58. The number of hydrogen-bond acceptors (Lipinski definition) is 2. The van der Waals surface area contributed by atoms with Crippen molar-refractivity contribution in [1.82, 2.24) is 0 Å². The molecule has 3 aromatic carbocycles. The molecule has 4 atom stereocenters. The molecule has 2 heteroatoms. The molecule has 2 aliphatic rings. The van der Waals surface area contributed by atoms with Gasteiger partial charge in [0.1, 0.15) is 0 Å². The number of hydrogen-bond donors (Lipinski definition) is 1. The van der Waals surface area contributed by atoms with E-state index in [9.17, 15) is 0 Å². The number of benzene rings is 3. The van der Waals surface area contributed by atoms with Crippen LogP contribution in [0.1, 0.15) is 73.8 Å². The van der Waals surface area contributed by atoms with Crippen LogP contribution in [0, 0.1) is 18.8 Å². The van der Waals surface area contributed by atoms with Crippen LogP contribution in [0.25, 0.3) is 11.6 Å². The summed E-state index contributed by atoms with van der Waals surface area (Å²) in [5.74, 6) is 0.945. The van der Waals surface area contributed by atoms with Gasteiger partial charge in [0.15, 0.2) is 0 Å². The summed E-state index contributed by atoms with van der Waals surface area (Å²) < 4.78 is 0. The van der Waals surface area contributed by atoms with Crippen LogP contribution in [0.4, 0.5) is 0 Å². The molecule has 1 nitrogen and oxygen atoms in total. The molecule has 226 valence electrons. The largest absolute Gasteiger partial charge is 0.399 e. The fraction of sp³-hybridized carbons (Fsp3) is 0.286. The number of allylic oxidation sites excluding steroid dienone is 9. The van der Waals surface area contributed by atoms with E-state index in [0.717, 1.165) is 25.0 Å². The molecular formula is C42H47NS. The van der Waals surface area contributed by atoms with Crippen molar-refractivity contribution in [3.63, 3.8) is 0 Å². The van der Waals surface area contributed by atoms with E-state index in [1.807, 2.05) is 11.8 Å². The van der Waals surface area contributed by atoms with E-state index in [0.29, 0.717) is 11.8 Å². The van der Waals surface area contributed by atoms with Gasteiger partial charge >= 0.3 is 0 Å². The highest BCUT2D eigenvalue weighted by atomic mass is 32.2. The summed E-state index contributed by atoms with van der Waals surface area (Å²) in [7, 11) is 0. The van der Waals surface area contributed by atoms with Gasteiger partial charge in [-0.2, -0.15) is 0 Å². The first-order valence-corrected chi connectivity index (χ1v) is 17.2. The molecule has 0 heterocycles. The van der Waals surface area contributed by atoms with Gasteiger partial charge in [-0.15, -0.1) is 11.8 Å². The van der Waals surface area contributed by atoms with Gasteiger partial charge in [0.25, 0.3) is 0 Å². The average molecular weight is 598 g/mol. The van der Waals surface area contributed by atoms with E-state index in [-0.39, 0.29) is 11.3 Å². The van der Waals surface area contributed by atoms with Gasteiger partial charge in [-0.1, -0.05) is 136 Å². The number of fused-ring (bicyclic) bond motifs is 2. The number of rotatable bonds is 5. The fourth-order valence-electron chi connectivity index (χ4n) is 7.43. The van der Waals surface area contributed by atoms with Gasteiger partial charge in [0.2, 0.25) is 0 Å². The van der Waals surface area contributed by atoms with Crippen LogP contribution in [0.5, 0.6) is 0 Å². The molecule has 0 aromatic heterocycles. The quantitative estimate of drug-likeness (QED) is 0.296. The molecule has 44 heavy (non-hydrogen) atoms. The second kappa shape index (κ2) is 13.9. The number of thioether (sulfide) groups is 1. The van der Waals surface area contributed by atoms with Crippen LogP contribution in [0.2, 0.25) is 0 Å². The summed E-state index contributed by atoms with van der Waals surface area (Å²) in [5, 5.41) is 0. The molecule has 0 amide bonds. The second-order valence-corrected chi connectivity index (χ2v) is 13.5. The van der Waals surface area contributed by atoms with Crippen LogP contribution < -0.4 is 5.73 Å². The monoisotopic (exact) mass is 597 g/mol. The van der Waals surface area contributed by atoms with Crippen molar-refractivity contribution >= 4 is 23.4 Å². The van der Waals surface area contributed by atoms with Crippen LogP contribution in [0.3, 0.4) is 0 Å². The van der Waals surface area contributed by atoms with E-state index < -0.39 is 0 Å². The third-order valence-corrected chi connectivity index (χ3v) is 10.7. The highest BCUT2D eigenvalue weighted by Gasteiger charge is 2.45. The summed E-state index contributed by atoms with van der Waals surface area (Å²) in [6.07, 6.45) is 20.6. The lowest BCUT2D eigenvalue weighted by Gasteiger charge is -2.45. The number of nitrogens with two attached hydrogens (primary N) is 1. The summed E-state index contributed by atoms with van der Waals surface area (Å²) in [5.41, 5.74) is 17.8. The first-order valence-electron chi connectivity index (χ1n) is 15.9. The van der Waals surface area contributed by atoms with Crippen LogP contribution in [-0.2, 0) is 5.41 Å². The molecule has 0 saturated heterocycles. The zero-order valence-corrected chi connectivity index (χ0v) is 27.8. The fourth-order valence-corrected chi connectivity index (χ4v) is 8.06. The molecule has 1 spiro atoms. The molecule has 0 bridgehead atoms. The van der Waals surface area contributed by atoms with Gasteiger partial charge in [0.05, 0.1) is 0 Å². The van der Waals surface area contributed by atoms with Crippen molar-refractivity contribution in [3.05, 3.63) is 160 Å². The van der Waals surface area contributed by atoms with Crippen molar-refractivity contribution in [1.29, 1.82) is 0 Å². The molecular weight excluding hydrogens is 551 g/mol. The Morgan fingerprint density at radius 3 is 2.50 bits per heavy atom. The minimum atomic E-state index is -0.308. The van der Waals surface area contributed by atoms with E-state index in [1.54, 1.807) is 0 Å². The van der Waals surface area contributed by atoms with E-state index in [2.05, 4.69) is 156 Å². The molecule has 0 aliphatic heterocycles. The van der Waals surface area contributed by atoms with E-state index in [4.69, 9.17) is 5.73 Å². The number of aryl methyl sites for hydroxylation is 1. The van der Waals surface area contributed by atoms with Crippen molar-refractivity contribution < 1.29 is 0 Å². The van der Waals surface area contributed by atoms with E-state index in [1.165, 1.54) is 49.4 Å². The minimum Gasteiger partial charge on any atom is -0.399 e. The van der Waals surface area contributed by atoms with Crippen molar-refractivity contribution in [2.24, 2.45) is 17.6 Å². The molecule has 0 radical (unpaired) electrons. The summed E-state index contributed by atoms with van der Waals surface area (Å²) in [6.45, 7) is 13.9. The molecule has 0 saturated carbocycles. The molecule has 5 rings (SSSR count). The molecule has 2 N–H and O–H groups in total. The van der Waals surface area contributed by atoms with Gasteiger partial charge in [-0.25, -0.2) is 0 Å². The minimum absolute atomic E-state index is 0.245. The van der Waals surface area contributed by atoms with Crippen LogP contribution in [0.15, 0.2) is 138 Å². The predicted molar refractivity (Wildman–Crippen MR) is 194 cm³/mol. The Labute approximate surface area is 270 Å². The third-order valence-electron chi connectivity index (χ3n) is 9.87. The summed E-state index contributed by atoms with van der Waals surface area (Å²) in [6, 6.07) is 26.7. The van der Waals surface area contributed by atoms with Gasteiger partial charge in [-0.05, 0) is 101 Å². The predicted octanol–water partition coefficient (Wildman–Crippen LogP) is 11.2. The zero-order valence-electron chi connectivity index (χ0n) is 27.0. The summed E-state index contributed by atoms with van der Waals surface area (Å²) in [4.78, 5) is 1.34. The molecule has 0 fully saturated rings. The second-order valence-electron chi connectivity index (χ2n) is 12.6. The maximum absolute atomic E-state index is 6.64. The van der Waals surface area contributed by atoms with Crippen molar-refractivity contribution in [3.8, 4) is 0 Å². The highest BCUT2D eigenvalue weighted by molar-refractivity contribution is 7.98. The lowest BCUT2D eigenvalue weighted by Crippen LogP contribution is -2.40. The Kier molecular flexibility index (Phi) is 10.0. The van der Waals surface area contributed by atoms with Gasteiger partial charge in [0, 0.05) is 16.0 Å². The van der Waals surface area contributed by atoms with Crippen molar-refractivity contribution in [2.45, 2.75) is 63.2 Å². The van der Waals surface area contributed by atoms with Crippen LogP contribution >= 0.6 is 11.8 Å². The zero-order chi connectivity index (χ0) is 31.3.